The lowest BCUT2D eigenvalue weighted by molar-refractivity contribution is -0.0835. The van der Waals surface area contributed by atoms with Crippen molar-refractivity contribution in [2.45, 2.75) is 43.7 Å². The van der Waals surface area contributed by atoms with E-state index in [1.165, 1.54) is 12.2 Å². The van der Waals surface area contributed by atoms with Crippen LogP contribution in [0.5, 0.6) is 0 Å². The van der Waals surface area contributed by atoms with Crippen LogP contribution in [0.25, 0.3) is 0 Å². The molecule has 2 saturated heterocycles. The third-order valence-corrected chi connectivity index (χ3v) is 5.73. The lowest BCUT2D eigenvalue weighted by Gasteiger charge is -2.40. The summed E-state index contributed by atoms with van der Waals surface area (Å²) in [6.07, 6.45) is 7.18. The van der Waals surface area contributed by atoms with Gasteiger partial charge in [-0.1, -0.05) is 0 Å². The standard InChI is InChI=1S/C15H23NO2S/c16-14(4-3-13-2-1-7-17-13)12-5-8-18-15(10-12)6-9-19-11-15/h1-2,7,12,14H,3-6,8-11,16H2. The predicted octanol–water partition coefficient (Wildman–Crippen LogP) is 2.84. The summed E-state index contributed by atoms with van der Waals surface area (Å²) in [5.74, 6) is 4.07. The van der Waals surface area contributed by atoms with Crippen molar-refractivity contribution < 1.29 is 9.15 Å². The smallest absolute Gasteiger partial charge is 0.103 e. The van der Waals surface area contributed by atoms with Crippen LogP contribution in [0.3, 0.4) is 0 Å². The van der Waals surface area contributed by atoms with Crippen molar-refractivity contribution in [1.29, 1.82) is 0 Å². The molecule has 0 radical (unpaired) electrons. The van der Waals surface area contributed by atoms with Crippen LogP contribution in [-0.4, -0.2) is 29.8 Å². The average molecular weight is 281 g/mol. The molecule has 1 aromatic rings. The van der Waals surface area contributed by atoms with Gasteiger partial charge in [0.15, 0.2) is 0 Å². The summed E-state index contributed by atoms with van der Waals surface area (Å²) in [6, 6.07) is 4.25. The first kappa shape index (κ1) is 13.5. The second kappa shape index (κ2) is 5.90. The Labute approximate surface area is 119 Å². The molecule has 1 aromatic heterocycles. The number of thioether (sulfide) groups is 1. The second-order valence-electron chi connectivity index (χ2n) is 5.87. The summed E-state index contributed by atoms with van der Waals surface area (Å²) < 4.78 is 11.4. The first-order valence-electron chi connectivity index (χ1n) is 7.27. The zero-order valence-corrected chi connectivity index (χ0v) is 12.2. The van der Waals surface area contributed by atoms with E-state index < -0.39 is 0 Å². The molecule has 0 aliphatic carbocycles. The molecule has 2 aliphatic rings. The monoisotopic (exact) mass is 281 g/mol. The van der Waals surface area contributed by atoms with Crippen LogP contribution >= 0.6 is 11.8 Å². The molecule has 1 spiro atoms. The Bertz CT molecular complexity index is 387. The van der Waals surface area contributed by atoms with E-state index in [1.54, 1.807) is 6.26 Å². The molecule has 3 nitrogen and oxygen atoms in total. The molecule has 3 rings (SSSR count). The zero-order chi connectivity index (χ0) is 13.1. The average Bonchev–Trinajstić information content (AvgIpc) is 3.08. The van der Waals surface area contributed by atoms with Crippen LogP contribution in [0, 0.1) is 5.92 Å². The molecule has 0 amide bonds. The van der Waals surface area contributed by atoms with Gasteiger partial charge >= 0.3 is 0 Å². The lowest BCUT2D eigenvalue weighted by atomic mass is 9.80. The first-order valence-corrected chi connectivity index (χ1v) is 8.43. The summed E-state index contributed by atoms with van der Waals surface area (Å²) >= 11 is 2.02. The Kier molecular flexibility index (Phi) is 4.20. The minimum Gasteiger partial charge on any atom is -0.469 e. The highest BCUT2D eigenvalue weighted by Crippen LogP contribution is 2.41. The van der Waals surface area contributed by atoms with E-state index in [2.05, 4.69) is 0 Å². The highest BCUT2D eigenvalue weighted by molar-refractivity contribution is 7.99. The van der Waals surface area contributed by atoms with Crippen molar-refractivity contribution in [3.05, 3.63) is 24.2 Å². The number of furan rings is 1. The zero-order valence-electron chi connectivity index (χ0n) is 11.3. The predicted molar refractivity (Wildman–Crippen MR) is 78.4 cm³/mol. The van der Waals surface area contributed by atoms with E-state index in [4.69, 9.17) is 14.9 Å². The van der Waals surface area contributed by atoms with E-state index in [0.29, 0.717) is 5.92 Å². The Hall–Kier alpha value is -0.450. The molecular formula is C15H23NO2S. The SMILES string of the molecule is NC(CCc1ccco1)C1CCOC2(CCSC2)C1. The number of hydrogen-bond donors (Lipinski definition) is 1. The van der Waals surface area contributed by atoms with Crippen LogP contribution in [-0.2, 0) is 11.2 Å². The highest BCUT2D eigenvalue weighted by Gasteiger charge is 2.41. The van der Waals surface area contributed by atoms with Crippen molar-refractivity contribution in [2.24, 2.45) is 11.7 Å². The van der Waals surface area contributed by atoms with E-state index in [-0.39, 0.29) is 11.6 Å². The summed E-state index contributed by atoms with van der Waals surface area (Å²) in [7, 11) is 0. The van der Waals surface area contributed by atoms with E-state index in [9.17, 15) is 0 Å². The van der Waals surface area contributed by atoms with Crippen LogP contribution in [0.1, 0.15) is 31.4 Å². The van der Waals surface area contributed by atoms with Gasteiger partial charge in [-0.15, -0.1) is 0 Å². The van der Waals surface area contributed by atoms with Crippen molar-refractivity contribution in [3.63, 3.8) is 0 Å². The van der Waals surface area contributed by atoms with Crippen LogP contribution in [0.2, 0.25) is 0 Å². The van der Waals surface area contributed by atoms with Gasteiger partial charge < -0.3 is 14.9 Å². The third kappa shape index (κ3) is 3.18. The molecule has 3 unspecified atom stereocenters. The van der Waals surface area contributed by atoms with Gasteiger partial charge in [0, 0.05) is 24.8 Å². The van der Waals surface area contributed by atoms with Gasteiger partial charge in [-0.3, -0.25) is 0 Å². The molecule has 3 heterocycles. The Balaban J connectivity index is 1.52. The molecular weight excluding hydrogens is 258 g/mol. The fraction of sp³-hybridized carbons (Fsp3) is 0.733. The maximum atomic E-state index is 6.41. The molecule has 0 saturated carbocycles. The number of nitrogens with two attached hydrogens (primary N) is 1. The van der Waals surface area contributed by atoms with Crippen molar-refractivity contribution in [3.8, 4) is 0 Å². The minimum absolute atomic E-state index is 0.149. The molecule has 2 N–H and O–H groups in total. The van der Waals surface area contributed by atoms with Gasteiger partial charge in [-0.05, 0) is 49.5 Å². The van der Waals surface area contributed by atoms with Crippen molar-refractivity contribution in [2.75, 3.05) is 18.1 Å². The number of aryl methyl sites for hydroxylation is 1. The van der Waals surface area contributed by atoms with E-state index in [0.717, 1.165) is 43.8 Å². The Morgan fingerprint density at radius 3 is 3.21 bits per heavy atom. The van der Waals surface area contributed by atoms with Gasteiger partial charge in [0.2, 0.25) is 0 Å². The number of hydrogen-bond acceptors (Lipinski definition) is 4. The van der Waals surface area contributed by atoms with Crippen LogP contribution < -0.4 is 5.73 Å². The van der Waals surface area contributed by atoms with Gasteiger partial charge in [0.05, 0.1) is 11.9 Å². The third-order valence-electron chi connectivity index (χ3n) is 4.51. The normalized spacial score (nSPS) is 32.8. The van der Waals surface area contributed by atoms with E-state index in [1.807, 2.05) is 23.9 Å². The molecule has 2 aliphatic heterocycles. The second-order valence-corrected chi connectivity index (χ2v) is 6.97. The Morgan fingerprint density at radius 2 is 2.47 bits per heavy atom. The highest BCUT2D eigenvalue weighted by atomic mass is 32.2. The molecule has 106 valence electrons. The van der Waals surface area contributed by atoms with E-state index >= 15 is 0 Å². The lowest BCUT2D eigenvalue weighted by Crippen LogP contribution is -2.45. The summed E-state index contributed by atoms with van der Waals surface area (Å²) in [5, 5.41) is 0. The molecule has 0 bridgehead atoms. The van der Waals surface area contributed by atoms with Gasteiger partial charge in [0.1, 0.15) is 5.76 Å². The minimum atomic E-state index is 0.149. The fourth-order valence-corrected chi connectivity index (χ4v) is 4.67. The topological polar surface area (TPSA) is 48.4 Å². The molecule has 19 heavy (non-hydrogen) atoms. The van der Waals surface area contributed by atoms with Gasteiger partial charge in [-0.25, -0.2) is 0 Å². The Morgan fingerprint density at radius 1 is 1.53 bits per heavy atom. The van der Waals surface area contributed by atoms with Crippen molar-refractivity contribution in [1.82, 2.24) is 0 Å². The van der Waals surface area contributed by atoms with Crippen LogP contribution in [0.15, 0.2) is 22.8 Å². The summed E-state index contributed by atoms with van der Waals surface area (Å²) in [5.41, 5.74) is 6.56. The largest absolute Gasteiger partial charge is 0.469 e. The summed E-state index contributed by atoms with van der Waals surface area (Å²) in [4.78, 5) is 0. The summed E-state index contributed by atoms with van der Waals surface area (Å²) in [6.45, 7) is 0.889. The van der Waals surface area contributed by atoms with Gasteiger partial charge in [0.25, 0.3) is 0 Å². The fourth-order valence-electron chi connectivity index (χ4n) is 3.29. The molecule has 2 fully saturated rings. The molecule has 4 heteroatoms. The van der Waals surface area contributed by atoms with Gasteiger partial charge in [-0.2, -0.15) is 11.8 Å². The van der Waals surface area contributed by atoms with Crippen molar-refractivity contribution >= 4 is 11.8 Å². The van der Waals surface area contributed by atoms with Crippen LogP contribution in [0.4, 0.5) is 0 Å². The number of rotatable bonds is 4. The molecule has 0 aromatic carbocycles. The number of ether oxygens (including phenoxy) is 1. The first-order chi connectivity index (χ1) is 9.27. The quantitative estimate of drug-likeness (QED) is 0.922. The maximum Gasteiger partial charge on any atom is 0.103 e. The molecule has 3 atom stereocenters. The maximum absolute atomic E-state index is 6.41.